The molecule has 3 heterocycles. The number of rotatable bonds is 3. The Balaban J connectivity index is 1.68. The van der Waals surface area contributed by atoms with Gasteiger partial charge in [0, 0.05) is 31.4 Å². The third-order valence-electron chi connectivity index (χ3n) is 4.10. The predicted molar refractivity (Wildman–Crippen MR) is 78.8 cm³/mol. The number of aliphatic hydroxyl groups is 1. The average molecular weight is 323 g/mol. The fraction of sp³-hybridized carbons (Fsp3) is 0.375. The molecular formula is C16H16F3N3O. The summed E-state index contributed by atoms with van der Waals surface area (Å²) in [7, 11) is 0. The van der Waals surface area contributed by atoms with Crippen molar-refractivity contribution >= 4 is 5.69 Å². The van der Waals surface area contributed by atoms with Gasteiger partial charge in [-0.3, -0.25) is 4.98 Å². The predicted octanol–water partition coefficient (Wildman–Crippen LogP) is 3.06. The molecule has 0 bridgehead atoms. The SMILES string of the molecule is OC(c1cccnc1)C1CCN(c2ccc(C(F)(F)F)nc2)C1. The van der Waals surface area contributed by atoms with Crippen LogP contribution in [0, 0.1) is 5.92 Å². The van der Waals surface area contributed by atoms with Gasteiger partial charge in [-0.05, 0) is 30.2 Å². The number of halogens is 3. The Labute approximate surface area is 131 Å². The van der Waals surface area contributed by atoms with Crippen LogP contribution in [0.15, 0.2) is 42.9 Å². The first kappa shape index (κ1) is 15.7. The number of hydrogen-bond acceptors (Lipinski definition) is 4. The fourth-order valence-electron chi connectivity index (χ4n) is 2.84. The average Bonchev–Trinajstić information content (AvgIpc) is 3.04. The van der Waals surface area contributed by atoms with Crippen molar-refractivity contribution in [2.45, 2.75) is 18.7 Å². The highest BCUT2D eigenvalue weighted by Gasteiger charge is 2.33. The second kappa shape index (κ2) is 6.16. The molecule has 4 nitrogen and oxygen atoms in total. The zero-order valence-electron chi connectivity index (χ0n) is 12.2. The number of aromatic nitrogens is 2. The van der Waals surface area contributed by atoms with Crippen LogP contribution in [0.5, 0.6) is 0 Å². The highest BCUT2D eigenvalue weighted by molar-refractivity contribution is 5.46. The van der Waals surface area contributed by atoms with E-state index < -0.39 is 18.0 Å². The summed E-state index contributed by atoms with van der Waals surface area (Å²) in [6.45, 7) is 1.25. The normalized spacial score (nSPS) is 19.8. The number of hydrogen-bond donors (Lipinski definition) is 1. The molecule has 23 heavy (non-hydrogen) atoms. The molecule has 2 atom stereocenters. The van der Waals surface area contributed by atoms with Crippen LogP contribution in [0.4, 0.5) is 18.9 Å². The van der Waals surface area contributed by atoms with Gasteiger partial charge < -0.3 is 10.0 Å². The molecule has 2 unspecified atom stereocenters. The second-order valence-corrected chi connectivity index (χ2v) is 5.63. The van der Waals surface area contributed by atoms with Crippen LogP contribution in [0.1, 0.15) is 23.8 Å². The first-order valence-electron chi connectivity index (χ1n) is 7.31. The summed E-state index contributed by atoms with van der Waals surface area (Å²) in [4.78, 5) is 9.42. The lowest BCUT2D eigenvalue weighted by Crippen LogP contribution is -2.22. The molecule has 122 valence electrons. The van der Waals surface area contributed by atoms with Crippen molar-refractivity contribution in [3.8, 4) is 0 Å². The minimum Gasteiger partial charge on any atom is -0.388 e. The molecule has 1 aliphatic heterocycles. The fourth-order valence-corrected chi connectivity index (χ4v) is 2.84. The Hall–Kier alpha value is -2.15. The van der Waals surface area contributed by atoms with Crippen molar-refractivity contribution in [2.24, 2.45) is 5.92 Å². The van der Waals surface area contributed by atoms with E-state index in [1.807, 2.05) is 11.0 Å². The van der Waals surface area contributed by atoms with Gasteiger partial charge in [0.25, 0.3) is 0 Å². The van der Waals surface area contributed by atoms with Gasteiger partial charge in [-0.1, -0.05) is 6.07 Å². The molecule has 1 saturated heterocycles. The van der Waals surface area contributed by atoms with Crippen molar-refractivity contribution in [3.63, 3.8) is 0 Å². The maximum atomic E-state index is 12.5. The van der Waals surface area contributed by atoms with E-state index in [0.717, 1.165) is 18.1 Å². The van der Waals surface area contributed by atoms with Gasteiger partial charge in [-0.25, -0.2) is 4.98 Å². The number of aliphatic hydroxyl groups excluding tert-OH is 1. The molecule has 0 saturated carbocycles. The summed E-state index contributed by atoms with van der Waals surface area (Å²) >= 11 is 0. The maximum absolute atomic E-state index is 12.5. The zero-order valence-corrected chi connectivity index (χ0v) is 12.2. The van der Waals surface area contributed by atoms with Gasteiger partial charge in [0.15, 0.2) is 0 Å². The molecule has 0 spiro atoms. The van der Waals surface area contributed by atoms with Gasteiger partial charge in [0.1, 0.15) is 5.69 Å². The van der Waals surface area contributed by atoms with E-state index in [4.69, 9.17) is 0 Å². The van der Waals surface area contributed by atoms with Crippen molar-refractivity contribution in [1.82, 2.24) is 9.97 Å². The van der Waals surface area contributed by atoms with E-state index in [2.05, 4.69) is 9.97 Å². The summed E-state index contributed by atoms with van der Waals surface area (Å²) in [6, 6.07) is 6.00. The van der Waals surface area contributed by atoms with Crippen LogP contribution in [0.2, 0.25) is 0 Å². The first-order valence-corrected chi connectivity index (χ1v) is 7.31. The molecule has 3 rings (SSSR count). The van der Waals surface area contributed by atoms with Crippen LogP contribution in [0.25, 0.3) is 0 Å². The minimum atomic E-state index is -4.43. The molecule has 7 heteroatoms. The van der Waals surface area contributed by atoms with Gasteiger partial charge in [-0.15, -0.1) is 0 Å². The van der Waals surface area contributed by atoms with Crippen molar-refractivity contribution in [3.05, 3.63) is 54.1 Å². The lowest BCUT2D eigenvalue weighted by atomic mass is 9.96. The monoisotopic (exact) mass is 323 g/mol. The van der Waals surface area contributed by atoms with Crippen LogP contribution < -0.4 is 4.90 Å². The number of nitrogens with zero attached hydrogens (tertiary/aromatic N) is 3. The summed E-state index contributed by atoms with van der Waals surface area (Å²) in [5.74, 6) is 0.0153. The summed E-state index contributed by atoms with van der Waals surface area (Å²) < 4.78 is 37.6. The Kier molecular flexibility index (Phi) is 4.21. The highest BCUT2D eigenvalue weighted by Crippen LogP contribution is 2.33. The second-order valence-electron chi connectivity index (χ2n) is 5.63. The first-order chi connectivity index (χ1) is 10.9. The Morgan fingerprint density at radius 2 is 2.04 bits per heavy atom. The van der Waals surface area contributed by atoms with E-state index in [1.165, 1.54) is 12.3 Å². The summed E-state index contributed by atoms with van der Waals surface area (Å²) in [5, 5.41) is 10.4. The molecule has 1 N–H and O–H groups in total. The van der Waals surface area contributed by atoms with Gasteiger partial charge in [0.2, 0.25) is 0 Å². The largest absolute Gasteiger partial charge is 0.433 e. The van der Waals surface area contributed by atoms with Crippen LogP contribution in [-0.2, 0) is 6.18 Å². The number of anilines is 1. The highest BCUT2D eigenvalue weighted by atomic mass is 19.4. The smallest absolute Gasteiger partial charge is 0.388 e. The quantitative estimate of drug-likeness (QED) is 0.943. The maximum Gasteiger partial charge on any atom is 0.433 e. The molecule has 2 aromatic rings. The Bertz CT molecular complexity index is 646. The summed E-state index contributed by atoms with van der Waals surface area (Å²) in [6.07, 6.45) is 0.218. The molecule has 0 amide bonds. The molecule has 2 aromatic heterocycles. The molecule has 1 aliphatic rings. The number of alkyl halides is 3. The number of pyridine rings is 2. The topological polar surface area (TPSA) is 49.3 Å². The van der Waals surface area contributed by atoms with E-state index in [1.54, 1.807) is 18.5 Å². The van der Waals surface area contributed by atoms with Gasteiger partial charge in [0.05, 0.1) is 18.0 Å². The molecule has 0 radical (unpaired) electrons. The lowest BCUT2D eigenvalue weighted by molar-refractivity contribution is -0.141. The zero-order chi connectivity index (χ0) is 16.4. The third kappa shape index (κ3) is 3.44. The van der Waals surface area contributed by atoms with Crippen molar-refractivity contribution in [2.75, 3.05) is 18.0 Å². The molecule has 1 fully saturated rings. The standard InChI is InChI=1S/C16H16F3N3O/c17-16(18,19)14-4-3-13(9-21-14)22-7-5-12(10-22)15(23)11-2-1-6-20-8-11/h1-4,6,8-9,12,15,23H,5,7,10H2. The van der Waals surface area contributed by atoms with Gasteiger partial charge >= 0.3 is 6.18 Å². The Morgan fingerprint density at radius 3 is 2.65 bits per heavy atom. The van der Waals surface area contributed by atoms with E-state index >= 15 is 0 Å². The lowest BCUT2D eigenvalue weighted by Gasteiger charge is -2.21. The third-order valence-corrected chi connectivity index (χ3v) is 4.10. The molecule has 0 aliphatic carbocycles. The molecular weight excluding hydrogens is 307 g/mol. The molecule has 0 aromatic carbocycles. The van der Waals surface area contributed by atoms with Crippen LogP contribution in [-0.4, -0.2) is 28.2 Å². The minimum absolute atomic E-state index is 0.0153. The van der Waals surface area contributed by atoms with E-state index in [-0.39, 0.29) is 5.92 Å². The Morgan fingerprint density at radius 1 is 1.22 bits per heavy atom. The van der Waals surface area contributed by atoms with Crippen molar-refractivity contribution < 1.29 is 18.3 Å². The van der Waals surface area contributed by atoms with Crippen LogP contribution >= 0.6 is 0 Å². The van der Waals surface area contributed by atoms with Crippen molar-refractivity contribution in [1.29, 1.82) is 0 Å². The van der Waals surface area contributed by atoms with Gasteiger partial charge in [-0.2, -0.15) is 13.2 Å². The summed E-state index contributed by atoms with van der Waals surface area (Å²) in [5.41, 5.74) is 0.496. The van der Waals surface area contributed by atoms with E-state index in [0.29, 0.717) is 18.8 Å². The van der Waals surface area contributed by atoms with Crippen LogP contribution in [0.3, 0.4) is 0 Å². The van der Waals surface area contributed by atoms with E-state index in [9.17, 15) is 18.3 Å².